The van der Waals surface area contributed by atoms with Crippen molar-refractivity contribution in [2.24, 2.45) is 0 Å². The molecule has 0 saturated heterocycles. The molecule has 0 fully saturated rings. The maximum atomic E-state index is 13.5. The van der Waals surface area contributed by atoms with Gasteiger partial charge in [0.15, 0.2) is 0 Å². The maximum absolute atomic E-state index is 13.5. The average Bonchev–Trinajstić information content (AvgIpc) is 3.57. The Balaban J connectivity index is 1.47. The molecule has 6 aromatic rings. The zero-order chi connectivity index (χ0) is 29.2. The van der Waals surface area contributed by atoms with Crippen LogP contribution in [0.15, 0.2) is 107 Å². The summed E-state index contributed by atoms with van der Waals surface area (Å²) >= 11 is 6.30. The van der Waals surface area contributed by atoms with E-state index in [1.165, 1.54) is 0 Å². The predicted octanol–water partition coefficient (Wildman–Crippen LogP) is 7.08. The van der Waals surface area contributed by atoms with Crippen LogP contribution < -0.4 is 15.9 Å². The van der Waals surface area contributed by atoms with Gasteiger partial charge in [0.2, 0.25) is 0 Å². The Morgan fingerprint density at radius 1 is 0.643 bits per heavy atom. The molecule has 7 nitrogen and oxygen atoms in total. The SMILES string of the molecule is Cc1ccc(-c2[nH][nH]c(=O)c2C(c2ccc(OCc3ccccc3Cl)cc2)c2c(-c3ccc(C)cc3)[nH][nH]c2=O)cc1. The summed E-state index contributed by atoms with van der Waals surface area (Å²) in [5, 5.41) is 12.3. The Kier molecular flexibility index (Phi) is 7.42. The Hall–Kier alpha value is -5.01. The Labute approximate surface area is 247 Å². The van der Waals surface area contributed by atoms with Crippen LogP contribution >= 0.6 is 11.6 Å². The molecule has 0 atom stereocenters. The summed E-state index contributed by atoms with van der Waals surface area (Å²) in [4.78, 5) is 27.0. The minimum absolute atomic E-state index is 0.301. The smallest absolute Gasteiger partial charge is 0.268 e. The molecule has 0 aliphatic carbocycles. The third-order valence-electron chi connectivity index (χ3n) is 7.45. The van der Waals surface area contributed by atoms with Gasteiger partial charge in [-0.1, -0.05) is 102 Å². The molecule has 4 aromatic carbocycles. The number of hydrogen-bond donors (Lipinski definition) is 4. The average molecular weight is 577 g/mol. The summed E-state index contributed by atoms with van der Waals surface area (Å²) in [5.74, 6) is -0.0545. The molecule has 0 radical (unpaired) electrons. The van der Waals surface area contributed by atoms with Crippen molar-refractivity contribution >= 4 is 11.6 Å². The molecule has 4 N–H and O–H groups in total. The van der Waals surface area contributed by atoms with Crippen molar-refractivity contribution in [1.82, 2.24) is 20.4 Å². The number of nitrogens with one attached hydrogen (secondary N) is 4. The van der Waals surface area contributed by atoms with E-state index in [-0.39, 0.29) is 11.1 Å². The van der Waals surface area contributed by atoms with Gasteiger partial charge in [0.1, 0.15) is 12.4 Å². The van der Waals surface area contributed by atoms with Crippen LogP contribution in [0.3, 0.4) is 0 Å². The van der Waals surface area contributed by atoms with Gasteiger partial charge in [0, 0.05) is 16.5 Å². The molecule has 0 aliphatic rings. The van der Waals surface area contributed by atoms with Crippen molar-refractivity contribution < 1.29 is 4.74 Å². The number of H-pyrrole nitrogens is 4. The molecule has 0 spiro atoms. The van der Waals surface area contributed by atoms with Crippen LogP contribution in [0.2, 0.25) is 5.02 Å². The van der Waals surface area contributed by atoms with Gasteiger partial charge in [-0.2, -0.15) is 0 Å². The van der Waals surface area contributed by atoms with E-state index in [0.29, 0.717) is 39.9 Å². The second kappa shape index (κ2) is 11.5. The monoisotopic (exact) mass is 576 g/mol. The van der Waals surface area contributed by atoms with Crippen LogP contribution in [0.5, 0.6) is 5.75 Å². The minimum atomic E-state index is -0.694. The van der Waals surface area contributed by atoms with Crippen LogP contribution in [0.4, 0.5) is 0 Å². The second-order valence-electron chi connectivity index (χ2n) is 10.3. The normalized spacial score (nSPS) is 11.2. The number of aryl methyl sites for hydroxylation is 2. The molecule has 0 aliphatic heterocycles. The lowest BCUT2D eigenvalue weighted by molar-refractivity contribution is 0.306. The summed E-state index contributed by atoms with van der Waals surface area (Å²) in [6.45, 7) is 4.33. The molecule has 42 heavy (non-hydrogen) atoms. The number of aromatic nitrogens is 4. The number of halogens is 1. The third-order valence-corrected chi connectivity index (χ3v) is 7.82. The van der Waals surface area contributed by atoms with E-state index < -0.39 is 5.92 Å². The molecule has 0 bridgehead atoms. The first kappa shape index (κ1) is 27.2. The highest BCUT2D eigenvalue weighted by Crippen LogP contribution is 2.38. The molecular formula is C34H29ClN4O3. The molecule has 0 unspecified atom stereocenters. The summed E-state index contributed by atoms with van der Waals surface area (Å²) in [5.41, 5.74) is 7.06. The quantitative estimate of drug-likeness (QED) is 0.155. The van der Waals surface area contributed by atoms with Crippen LogP contribution in [-0.2, 0) is 6.61 Å². The molecule has 2 aromatic heterocycles. The van der Waals surface area contributed by atoms with E-state index in [9.17, 15) is 9.59 Å². The van der Waals surface area contributed by atoms with E-state index >= 15 is 0 Å². The lowest BCUT2D eigenvalue weighted by atomic mass is 9.83. The summed E-state index contributed by atoms with van der Waals surface area (Å²) in [6.07, 6.45) is 0. The molecule has 0 amide bonds. The van der Waals surface area contributed by atoms with Crippen molar-refractivity contribution in [2.45, 2.75) is 26.4 Å². The minimum Gasteiger partial charge on any atom is -0.489 e. The number of hydrogen-bond acceptors (Lipinski definition) is 3. The lowest BCUT2D eigenvalue weighted by Crippen LogP contribution is -2.20. The first-order valence-electron chi connectivity index (χ1n) is 13.6. The highest BCUT2D eigenvalue weighted by Gasteiger charge is 2.31. The van der Waals surface area contributed by atoms with E-state index in [2.05, 4.69) is 20.4 Å². The molecular weight excluding hydrogens is 548 g/mol. The van der Waals surface area contributed by atoms with Gasteiger partial charge in [0.25, 0.3) is 11.1 Å². The van der Waals surface area contributed by atoms with Gasteiger partial charge in [0.05, 0.1) is 22.5 Å². The second-order valence-corrected chi connectivity index (χ2v) is 10.8. The van der Waals surface area contributed by atoms with Crippen molar-refractivity contribution in [3.63, 3.8) is 0 Å². The fraction of sp³-hybridized carbons (Fsp3) is 0.118. The van der Waals surface area contributed by atoms with Gasteiger partial charge in [-0.3, -0.25) is 30.0 Å². The standard InChI is InChI=1S/C34H29ClN4O3/c1-20-7-11-23(12-8-20)31-29(33(40)38-36-31)28(30-32(37-39-34(30)41)24-13-9-21(2)10-14-24)22-15-17-26(18-16-22)42-19-25-5-3-4-6-27(25)35/h3-18,28H,19H2,1-2H3,(H2,36,38,40)(H2,37,39,41). The van der Waals surface area contributed by atoms with Gasteiger partial charge in [-0.05, 0) is 48.7 Å². The van der Waals surface area contributed by atoms with Crippen LogP contribution in [-0.4, -0.2) is 20.4 Å². The first-order chi connectivity index (χ1) is 20.4. The zero-order valence-electron chi connectivity index (χ0n) is 23.1. The zero-order valence-corrected chi connectivity index (χ0v) is 23.9. The van der Waals surface area contributed by atoms with Crippen molar-refractivity contribution in [1.29, 1.82) is 0 Å². The molecule has 8 heteroatoms. The van der Waals surface area contributed by atoms with E-state index in [0.717, 1.165) is 33.4 Å². The lowest BCUT2D eigenvalue weighted by Gasteiger charge is -2.18. The fourth-order valence-corrected chi connectivity index (χ4v) is 5.38. The maximum Gasteiger partial charge on any atom is 0.268 e. The van der Waals surface area contributed by atoms with E-state index in [1.54, 1.807) is 0 Å². The summed E-state index contributed by atoms with van der Waals surface area (Å²) in [6, 6.07) is 30.8. The van der Waals surface area contributed by atoms with Gasteiger partial charge in [-0.25, -0.2) is 0 Å². The fourth-order valence-electron chi connectivity index (χ4n) is 5.19. The predicted molar refractivity (Wildman–Crippen MR) is 166 cm³/mol. The third kappa shape index (κ3) is 5.34. The van der Waals surface area contributed by atoms with Crippen LogP contribution in [0.1, 0.15) is 39.3 Å². The van der Waals surface area contributed by atoms with E-state index in [4.69, 9.17) is 16.3 Å². The largest absolute Gasteiger partial charge is 0.489 e. The number of rotatable bonds is 8. The Bertz CT molecular complexity index is 1850. The summed E-state index contributed by atoms with van der Waals surface area (Å²) < 4.78 is 6.01. The Morgan fingerprint density at radius 2 is 1.14 bits per heavy atom. The van der Waals surface area contributed by atoms with Crippen LogP contribution in [0, 0.1) is 13.8 Å². The number of aromatic amines is 4. The number of benzene rings is 4. The van der Waals surface area contributed by atoms with Crippen molar-refractivity contribution in [3.8, 4) is 28.3 Å². The highest BCUT2D eigenvalue weighted by atomic mass is 35.5. The highest BCUT2D eigenvalue weighted by molar-refractivity contribution is 6.31. The first-order valence-corrected chi connectivity index (χ1v) is 14.0. The van der Waals surface area contributed by atoms with E-state index in [1.807, 2.05) is 111 Å². The molecule has 2 heterocycles. The molecule has 0 saturated carbocycles. The Morgan fingerprint density at radius 3 is 1.64 bits per heavy atom. The topological polar surface area (TPSA) is 107 Å². The molecule has 210 valence electrons. The van der Waals surface area contributed by atoms with Gasteiger partial charge in [-0.15, -0.1) is 0 Å². The van der Waals surface area contributed by atoms with Crippen molar-refractivity contribution in [3.05, 3.63) is 156 Å². The summed E-state index contributed by atoms with van der Waals surface area (Å²) in [7, 11) is 0. The van der Waals surface area contributed by atoms with Crippen LogP contribution in [0.25, 0.3) is 22.5 Å². The van der Waals surface area contributed by atoms with Crippen molar-refractivity contribution in [2.75, 3.05) is 0 Å². The van der Waals surface area contributed by atoms with Gasteiger partial charge >= 0.3 is 0 Å². The number of ether oxygens (including phenoxy) is 1. The van der Waals surface area contributed by atoms with Gasteiger partial charge < -0.3 is 4.74 Å². The molecule has 6 rings (SSSR count).